The fourth-order valence-corrected chi connectivity index (χ4v) is 3.53. The first-order valence-corrected chi connectivity index (χ1v) is 9.85. The molecule has 1 aliphatic rings. The van der Waals surface area contributed by atoms with E-state index in [-0.39, 0.29) is 12.6 Å². The van der Waals surface area contributed by atoms with Crippen LogP contribution in [0.4, 0.5) is 0 Å². The number of aromatic nitrogens is 2. The number of hydrogen-bond donors (Lipinski definition) is 0. The summed E-state index contributed by atoms with van der Waals surface area (Å²) in [6.07, 6.45) is 6.13. The zero-order valence-electron chi connectivity index (χ0n) is 16.3. The van der Waals surface area contributed by atoms with Crippen LogP contribution in [0.5, 0.6) is 11.5 Å². The summed E-state index contributed by atoms with van der Waals surface area (Å²) < 4.78 is 12.9. The van der Waals surface area contributed by atoms with Crippen LogP contribution in [0.3, 0.4) is 0 Å². The standard InChI is InChI=1S/C24H24N2O3/c1-2-14-26-20(16-25-24(26)19-6-4-3-5-7-19)10-12-21(27)11-8-18-9-13-22-23(15-18)29-17-28-22/h2-7,9,13,15-16H,1,8,10-12,14,17H2. The van der Waals surface area contributed by atoms with Crippen LogP contribution < -0.4 is 9.47 Å². The van der Waals surface area contributed by atoms with Crippen LogP contribution in [-0.2, 0) is 24.2 Å². The molecular formula is C24H24N2O3. The van der Waals surface area contributed by atoms with Gasteiger partial charge in [0.2, 0.25) is 6.79 Å². The highest BCUT2D eigenvalue weighted by molar-refractivity contribution is 5.78. The molecule has 0 saturated carbocycles. The third-order valence-electron chi connectivity index (χ3n) is 5.07. The van der Waals surface area contributed by atoms with Crippen molar-refractivity contribution in [1.29, 1.82) is 0 Å². The number of nitrogens with zero attached hydrogens (tertiary/aromatic N) is 2. The van der Waals surface area contributed by atoms with Gasteiger partial charge in [-0.1, -0.05) is 42.5 Å². The van der Waals surface area contributed by atoms with Crippen LogP contribution in [0.15, 0.2) is 67.4 Å². The van der Waals surface area contributed by atoms with Gasteiger partial charge in [0.05, 0.1) is 0 Å². The molecule has 0 bridgehead atoms. The highest BCUT2D eigenvalue weighted by atomic mass is 16.7. The summed E-state index contributed by atoms with van der Waals surface area (Å²) in [6, 6.07) is 15.9. The number of aryl methyl sites for hydroxylation is 2. The average molecular weight is 388 g/mol. The van der Waals surface area contributed by atoms with E-state index in [1.807, 2.05) is 60.8 Å². The second-order valence-corrected chi connectivity index (χ2v) is 7.06. The van der Waals surface area contributed by atoms with Gasteiger partial charge in [0.25, 0.3) is 0 Å². The zero-order valence-corrected chi connectivity index (χ0v) is 16.3. The van der Waals surface area contributed by atoms with Gasteiger partial charge in [0.15, 0.2) is 11.5 Å². The molecule has 1 aromatic heterocycles. The first-order valence-electron chi connectivity index (χ1n) is 9.85. The number of rotatable bonds is 9. The van der Waals surface area contributed by atoms with Gasteiger partial charge in [-0.25, -0.2) is 4.98 Å². The number of carbonyl (C=O) groups excluding carboxylic acids is 1. The molecule has 0 spiro atoms. The van der Waals surface area contributed by atoms with Crippen LogP contribution in [0.25, 0.3) is 11.4 Å². The number of ether oxygens (including phenoxy) is 2. The number of allylic oxidation sites excluding steroid dienone is 1. The molecule has 5 heteroatoms. The number of carbonyl (C=O) groups is 1. The molecule has 4 rings (SSSR count). The topological polar surface area (TPSA) is 53.4 Å². The smallest absolute Gasteiger partial charge is 0.231 e. The predicted molar refractivity (Wildman–Crippen MR) is 112 cm³/mol. The lowest BCUT2D eigenvalue weighted by Crippen LogP contribution is -2.07. The van der Waals surface area contributed by atoms with Crippen LogP contribution in [0.2, 0.25) is 0 Å². The molecule has 29 heavy (non-hydrogen) atoms. The molecule has 0 N–H and O–H groups in total. The Morgan fingerprint density at radius 2 is 1.86 bits per heavy atom. The maximum absolute atomic E-state index is 12.5. The minimum Gasteiger partial charge on any atom is -0.454 e. The van der Waals surface area contributed by atoms with Gasteiger partial charge in [-0.3, -0.25) is 4.79 Å². The number of imidazole rings is 1. The van der Waals surface area contributed by atoms with Crippen LogP contribution in [-0.4, -0.2) is 22.1 Å². The minimum absolute atomic E-state index is 0.246. The SMILES string of the molecule is C=CCn1c(CCC(=O)CCc2ccc3c(c2)OCO3)cnc1-c1ccccc1. The van der Waals surface area contributed by atoms with Crippen molar-refractivity contribution in [3.05, 3.63) is 78.6 Å². The van der Waals surface area contributed by atoms with Gasteiger partial charge >= 0.3 is 0 Å². The van der Waals surface area contributed by atoms with Gasteiger partial charge < -0.3 is 14.0 Å². The van der Waals surface area contributed by atoms with Crippen LogP contribution in [0.1, 0.15) is 24.1 Å². The first kappa shape index (κ1) is 19.0. The molecule has 0 radical (unpaired) electrons. The molecule has 0 unspecified atom stereocenters. The molecule has 0 amide bonds. The lowest BCUT2D eigenvalue weighted by atomic mass is 10.0. The monoisotopic (exact) mass is 388 g/mol. The third-order valence-corrected chi connectivity index (χ3v) is 5.07. The van der Waals surface area contributed by atoms with E-state index in [0.717, 1.165) is 34.1 Å². The first-order chi connectivity index (χ1) is 14.2. The summed E-state index contributed by atoms with van der Waals surface area (Å²) in [5.74, 6) is 2.69. The minimum atomic E-state index is 0.246. The van der Waals surface area contributed by atoms with E-state index in [0.29, 0.717) is 32.2 Å². The predicted octanol–water partition coefficient (Wildman–Crippen LogP) is 4.60. The van der Waals surface area contributed by atoms with E-state index in [9.17, 15) is 4.79 Å². The van der Waals surface area contributed by atoms with E-state index in [2.05, 4.69) is 16.1 Å². The van der Waals surface area contributed by atoms with Crippen LogP contribution in [0, 0.1) is 0 Å². The Bertz CT molecular complexity index is 1010. The zero-order chi connectivity index (χ0) is 20.1. The summed E-state index contributed by atoms with van der Waals surface area (Å²) in [5.41, 5.74) is 3.21. The maximum Gasteiger partial charge on any atom is 0.231 e. The van der Waals surface area contributed by atoms with Crippen molar-refractivity contribution in [2.24, 2.45) is 0 Å². The van der Waals surface area contributed by atoms with Crippen molar-refractivity contribution in [2.45, 2.75) is 32.2 Å². The Kier molecular flexibility index (Phi) is 5.75. The van der Waals surface area contributed by atoms with Crippen LogP contribution >= 0.6 is 0 Å². The van der Waals surface area contributed by atoms with E-state index in [1.54, 1.807) is 0 Å². The summed E-state index contributed by atoms with van der Waals surface area (Å²) in [7, 11) is 0. The molecule has 148 valence electrons. The molecule has 0 saturated heterocycles. The van der Waals surface area contributed by atoms with Gasteiger partial charge in [-0.2, -0.15) is 0 Å². The summed E-state index contributed by atoms with van der Waals surface area (Å²) in [6.45, 7) is 4.80. The van der Waals surface area contributed by atoms with Crippen molar-refractivity contribution in [2.75, 3.05) is 6.79 Å². The molecule has 0 atom stereocenters. The third kappa shape index (κ3) is 4.40. The highest BCUT2D eigenvalue weighted by Crippen LogP contribution is 2.32. The van der Waals surface area contributed by atoms with Crippen molar-refractivity contribution in [1.82, 2.24) is 9.55 Å². The van der Waals surface area contributed by atoms with Gasteiger partial charge in [-0.15, -0.1) is 6.58 Å². The number of benzene rings is 2. The molecule has 5 nitrogen and oxygen atoms in total. The molecule has 0 aliphatic carbocycles. The van der Waals surface area contributed by atoms with E-state index >= 15 is 0 Å². The number of hydrogen-bond acceptors (Lipinski definition) is 4. The lowest BCUT2D eigenvalue weighted by Gasteiger charge is -2.10. The molecule has 3 aromatic rings. The Morgan fingerprint density at radius 3 is 2.69 bits per heavy atom. The number of fused-ring (bicyclic) bond motifs is 1. The van der Waals surface area contributed by atoms with Gasteiger partial charge in [-0.05, 0) is 30.5 Å². The van der Waals surface area contributed by atoms with Gasteiger partial charge in [0, 0.05) is 36.8 Å². The summed E-state index contributed by atoms with van der Waals surface area (Å²) in [5, 5.41) is 0. The van der Waals surface area contributed by atoms with E-state index in [1.165, 1.54) is 0 Å². The normalized spacial score (nSPS) is 12.1. The highest BCUT2D eigenvalue weighted by Gasteiger charge is 2.15. The van der Waals surface area contributed by atoms with E-state index < -0.39 is 0 Å². The molecule has 0 fully saturated rings. The van der Waals surface area contributed by atoms with E-state index in [4.69, 9.17) is 9.47 Å². The Hall–Kier alpha value is -3.34. The molecule has 2 heterocycles. The fraction of sp³-hybridized carbons (Fsp3) is 0.250. The quantitative estimate of drug-likeness (QED) is 0.503. The van der Waals surface area contributed by atoms with Crippen molar-refractivity contribution in [3.63, 3.8) is 0 Å². The number of Topliss-reactive ketones (excluding diaryl/α,β-unsaturated/α-hetero) is 1. The average Bonchev–Trinajstić information content (AvgIpc) is 3.38. The lowest BCUT2D eigenvalue weighted by molar-refractivity contribution is -0.119. The summed E-state index contributed by atoms with van der Waals surface area (Å²) in [4.78, 5) is 17.1. The van der Waals surface area contributed by atoms with Crippen molar-refractivity contribution < 1.29 is 14.3 Å². The molecular weight excluding hydrogens is 364 g/mol. The summed E-state index contributed by atoms with van der Waals surface area (Å²) >= 11 is 0. The Labute approximate surface area is 170 Å². The van der Waals surface area contributed by atoms with Crippen molar-refractivity contribution in [3.8, 4) is 22.9 Å². The molecule has 1 aliphatic heterocycles. The van der Waals surface area contributed by atoms with Crippen molar-refractivity contribution >= 4 is 5.78 Å². The fourth-order valence-electron chi connectivity index (χ4n) is 3.53. The Morgan fingerprint density at radius 1 is 1.07 bits per heavy atom. The number of ketones is 1. The Balaban J connectivity index is 1.36. The maximum atomic E-state index is 12.5. The molecule has 2 aromatic carbocycles. The second kappa shape index (κ2) is 8.78. The second-order valence-electron chi connectivity index (χ2n) is 7.06. The van der Waals surface area contributed by atoms with Gasteiger partial charge in [0.1, 0.15) is 11.6 Å². The largest absolute Gasteiger partial charge is 0.454 e.